The van der Waals surface area contributed by atoms with Crippen molar-refractivity contribution in [1.29, 1.82) is 0 Å². The third-order valence-electron chi connectivity index (χ3n) is 4.35. The molecule has 0 aromatic heterocycles. The van der Waals surface area contributed by atoms with Gasteiger partial charge >= 0.3 is 40.2 Å². The molecule has 0 bridgehead atoms. The van der Waals surface area contributed by atoms with Crippen LogP contribution in [-0.4, -0.2) is 29.5 Å². The number of unbranched alkanes of at least 4 members (excludes halogenated alkanes) is 3. The van der Waals surface area contributed by atoms with Crippen LogP contribution < -0.4 is 29.6 Å². The Morgan fingerprint density at radius 3 is 2.35 bits per heavy atom. The molecule has 1 aliphatic heterocycles. The summed E-state index contributed by atoms with van der Waals surface area (Å²) in [7, 11) is -3.11. The first-order chi connectivity index (χ1) is 10.3. The fourth-order valence-electron chi connectivity index (χ4n) is 2.86. The SMILES string of the molecule is CCCCCC[N+]1=C(C)C(C)(C)c2c[c-]ccc21.O=S(=O)=O.[Na+]. The van der Waals surface area contributed by atoms with Gasteiger partial charge in [-0.1, -0.05) is 39.2 Å². The van der Waals surface area contributed by atoms with Gasteiger partial charge in [0.05, 0.1) is 0 Å². The summed E-state index contributed by atoms with van der Waals surface area (Å²) in [6.45, 7) is 10.3. The molecule has 23 heavy (non-hydrogen) atoms. The first kappa shape index (κ1) is 22.5. The van der Waals surface area contributed by atoms with Gasteiger partial charge in [-0.15, -0.1) is 18.7 Å². The molecule has 0 atom stereocenters. The van der Waals surface area contributed by atoms with E-state index < -0.39 is 10.6 Å². The minimum Gasteiger partial charge on any atom is -0.222 e. The van der Waals surface area contributed by atoms with Gasteiger partial charge in [-0.3, -0.25) is 0 Å². The van der Waals surface area contributed by atoms with Crippen molar-refractivity contribution < 1.29 is 46.8 Å². The van der Waals surface area contributed by atoms with Crippen LogP contribution >= 0.6 is 0 Å². The number of hydrogen-bond acceptors (Lipinski definition) is 3. The minimum atomic E-state index is -3.11. The van der Waals surface area contributed by atoms with Gasteiger partial charge < -0.3 is 0 Å². The Balaban J connectivity index is 0.000000871. The van der Waals surface area contributed by atoms with Crippen LogP contribution in [0.5, 0.6) is 0 Å². The first-order valence-corrected chi connectivity index (χ1v) is 8.71. The third-order valence-corrected chi connectivity index (χ3v) is 4.35. The fourth-order valence-corrected chi connectivity index (χ4v) is 2.86. The summed E-state index contributed by atoms with van der Waals surface area (Å²) in [4.78, 5) is 0. The maximum absolute atomic E-state index is 8.44. The van der Waals surface area contributed by atoms with E-state index in [1.807, 2.05) is 6.07 Å². The van der Waals surface area contributed by atoms with E-state index in [0.717, 1.165) is 6.54 Å². The Bertz CT molecular complexity index is 644. The smallest absolute Gasteiger partial charge is 0.222 e. The molecule has 1 aliphatic rings. The number of fused-ring (bicyclic) bond motifs is 1. The molecule has 1 heterocycles. The van der Waals surface area contributed by atoms with E-state index in [2.05, 4.69) is 50.5 Å². The van der Waals surface area contributed by atoms with Crippen LogP contribution in [0.15, 0.2) is 18.2 Å². The molecule has 0 spiro atoms. The molecule has 0 unspecified atom stereocenters. The van der Waals surface area contributed by atoms with Gasteiger partial charge in [-0.2, -0.15) is 18.2 Å². The predicted molar refractivity (Wildman–Crippen MR) is 87.6 cm³/mol. The molecule has 2 rings (SSSR count). The minimum absolute atomic E-state index is 0. The van der Waals surface area contributed by atoms with Gasteiger partial charge in [0.15, 0.2) is 5.71 Å². The van der Waals surface area contributed by atoms with Gasteiger partial charge in [0.2, 0.25) is 0 Å². The molecule has 6 heteroatoms. The van der Waals surface area contributed by atoms with Crippen LogP contribution in [0, 0.1) is 6.07 Å². The summed E-state index contributed by atoms with van der Waals surface area (Å²) in [5.41, 5.74) is 4.47. The predicted octanol–water partition coefficient (Wildman–Crippen LogP) is 0.463. The van der Waals surface area contributed by atoms with Crippen LogP contribution in [0.4, 0.5) is 5.69 Å². The van der Waals surface area contributed by atoms with E-state index in [1.165, 1.54) is 42.6 Å². The second-order valence-corrected chi connectivity index (χ2v) is 6.48. The molecule has 0 N–H and O–H groups in total. The van der Waals surface area contributed by atoms with Crippen molar-refractivity contribution in [3.8, 4) is 0 Å². The van der Waals surface area contributed by atoms with E-state index in [0.29, 0.717) is 0 Å². The van der Waals surface area contributed by atoms with Crippen molar-refractivity contribution in [2.75, 3.05) is 6.54 Å². The Morgan fingerprint density at radius 2 is 1.78 bits per heavy atom. The normalized spacial score (nSPS) is 14.4. The number of nitrogens with zero attached hydrogens (tertiary/aromatic N) is 1. The number of rotatable bonds is 5. The maximum Gasteiger partial charge on any atom is 1.00 e. The summed E-state index contributed by atoms with van der Waals surface area (Å²) >= 11 is 0. The number of benzene rings is 1. The van der Waals surface area contributed by atoms with Gasteiger partial charge in [-0.05, 0) is 6.42 Å². The summed E-state index contributed by atoms with van der Waals surface area (Å²) < 4.78 is 27.8. The zero-order chi connectivity index (χ0) is 16.8. The molecule has 122 valence electrons. The van der Waals surface area contributed by atoms with Gasteiger partial charge in [-0.25, -0.2) is 4.58 Å². The van der Waals surface area contributed by atoms with Crippen molar-refractivity contribution in [3.63, 3.8) is 0 Å². The summed E-state index contributed by atoms with van der Waals surface area (Å²) in [5, 5.41) is 0. The molecule has 0 aliphatic carbocycles. The van der Waals surface area contributed by atoms with E-state index in [-0.39, 0.29) is 35.0 Å². The molecular weight excluding hydrogens is 321 g/mol. The van der Waals surface area contributed by atoms with Crippen molar-refractivity contribution in [1.82, 2.24) is 0 Å². The van der Waals surface area contributed by atoms with Crippen LogP contribution in [-0.2, 0) is 16.0 Å². The Labute approximate surface area is 163 Å². The van der Waals surface area contributed by atoms with Crippen molar-refractivity contribution in [3.05, 3.63) is 29.8 Å². The largest absolute Gasteiger partial charge is 1.00 e. The van der Waals surface area contributed by atoms with Crippen molar-refractivity contribution in [2.24, 2.45) is 0 Å². The van der Waals surface area contributed by atoms with Crippen molar-refractivity contribution in [2.45, 2.75) is 58.8 Å². The summed E-state index contributed by atoms with van der Waals surface area (Å²) in [6, 6.07) is 9.63. The average Bonchev–Trinajstić information content (AvgIpc) is 2.64. The van der Waals surface area contributed by atoms with Gasteiger partial charge in [0.25, 0.3) is 0 Å². The fraction of sp³-hybridized carbons (Fsp3) is 0.588. The third kappa shape index (κ3) is 6.14. The quantitative estimate of drug-likeness (QED) is 0.337. The zero-order valence-electron chi connectivity index (χ0n) is 14.8. The molecule has 4 nitrogen and oxygen atoms in total. The van der Waals surface area contributed by atoms with Crippen LogP contribution in [0.3, 0.4) is 0 Å². The standard InChI is InChI=1S/C17H25N.Na.O3S/c1-5-6-7-10-13-18-14(2)17(3,4)15-11-8-9-12-16(15)18;;1-4(2)3/h9,11-12H,5-7,10,13H2,1-4H3;;/q;+1;. The first-order valence-electron chi connectivity index (χ1n) is 7.71. The molecule has 0 radical (unpaired) electrons. The Kier molecular flexibility index (Phi) is 10.2. The molecule has 0 saturated carbocycles. The topological polar surface area (TPSA) is 54.2 Å². The Morgan fingerprint density at radius 1 is 1.17 bits per heavy atom. The van der Waals surface area contributed by atoms with Crippen LogP contribution in [0.25, 0.3) is 0 Å². The molecular formula is C17H25NNaO3S+. The van der Waals surface area contributed by atoms with E-state index in [9.17, 15) is 0 Å². The number of hydrogen-bond donors (Lipinski definition) is 0. The van der Waals surface area contributed by atoms with Gasteiger partial charge in [0, 0.05) is 18.8 Å². The second kappa shape index (κ2) is 10.4. The molecule has 0 saturated heterocycles. The molecule has 0 fully saturated rings. The van der Waals surface area contributed by atoms with Crippen LogP contribution in [0.1, 0.15) is 58.9 Å². The Hall–Kier alpha value is -0.490. The van der Waals surface area contributed by atoms with Crippen LogP contribution in [0.2, 0.25) is 0 Å². The zero-order valence-corrected chi connectivity index (χ0v) is 17.7. The van der Waals surface area contributed by atoms with E-state index in [1.54, 1.807) is 0 Å². The van der Waals surface area contributed by atoms with E-state index in [4.69, 9.17) is 12.6 Å². The summed E-state index contributed by atoms with van der Waals surface area (Å²) in [6.07, 6.45) is 5.29. The second-order valence-electron chi connectivity index (χ2n) is 6.07. The molecule has 1 aromatic carbocycles. The monoisotopic (exact) mass is 346 g/mol. The van der Waals surface area contributed by atoms with E-state index >= 15 is 0 Å². The van der Waals surface area contributed by atoms with Gasteiger partial charge in [0.1, 0.15) is 12.2 Å². The molecule has 0 amide bonds. The van der Waals surface area contributed by atoms with Crippen molar-refractivity contribution >= 4 is 22.0 Å². The molecule has 1 aromatic rings. The summed E-state index contributed by atoms with van der Waals surface area (Å²) in [5.74, 6) is 0. The maximum atomic E-state index is 8.44. The average molecular weight is 346 g/mol.